The summed E-state index contributed by atoms with van der Waals surface area (Å²) < 4.78 is 10.4. The molecule has 0 radical (unpaired) electrons. The Morgan fingerprint density at radius 2 is 1.81 bits per heavy atom. The molecule has 4 nitrogen and oxygen atoms in total. The molecule has 0 spiro atoms. The second kappa shape index (κ2) is 4.45. The molecule has 0 aliphatic heterocycles. The van der Waals surface area contributed by atoms with Crippen LogP contribution in [0.25, 0.3) is 11.5 Å². The summed E-state index contributed by atoms with van der Waals surface area (Å²) in [6.07, 6.45) is 0. The van der Waals surface area contributed by atoms with Gasteiger partial charge in [-0.2, -0.15) is 0 Å². The van der Waals surface area contributed by atoms with Crippen LogP contribution in [0.2, 0.25) is 0 Å². The van der Waals surface area contributed by atoms with Crippen molar-refractivity contribution < 1.29 is 9.15 Å². The van der Waals surface area contributed by atoms with Crippen LogP contribution in [-0.2, 0) is 11.3 Å². The van der Waals surface area contributed by atoms with Crippen LogP contribution < -0.4 is 0 Å². The topological polar surface area (TPSA) is 48.2 Å². The van der Waals surface area contributed by atoms with Gasteiger partial charge in [0, 0.05) is 12.7 Å². The van der Waals surface area contributed by atoms with Gasteiger partial charge in [0.1, 0.15) is 6.61 Å². The average Bonchev–Trinajstić information content (AvgIpc) is 2.65. The van der Waals surface area contributed by atoms with Crippen molar-refractivity contribution in [3.63, 3.8) is 0 Å². The van der Waals surface area contributed by atoms with Gasteiger partial charge in [0.05, 0.1) is 0 Å². The van der Waals surface area contributed by atoms with E-state index in [1.807, 2.05) is 26.0 Å². The van der Waals surface area contributed by atoms with Gasteiger partial charge in [0.15, 0.2) is 0 Å². The van der Waals surface area contributed by atoms with Gasteiger partial charge < -0.3 is 9.15 Å². The van der Waals surface area contributed by atoms with E-state index in [0.29, 0.717) is 18.4 Å². The third kappa shape index (κ3) is 2.28. The highest BCUT2D eigenvalue weighted by molar-refractivity contribution is 5.55. The maximum absolute atomic E-state index is 5.47. The number of benzene rings is 1. The van der Waals surface area contributed by atoms with Crippen LogP contribution in [0.1, 0.15) is 17.0 Å². The molecule has 84 valence electrons. The predicted molar refractivity (Wildman–Crippen MR) is 59.9 cm³/mol. The van der Waals surface area contributed by atoms with E-state index in [2.05, 4.69) is 16.3 Å². The molecule has 0 atom stereocenters. The summed E-state index contributed by atoms with van der Waals surface area (Å²) in [6.45, 7) is 4.43. The standard InChI is InChI=1S/C12H14N2O2/c1-8-4-9(2)6-10(5-8)12-14-13-11(16-12)7-15-3/h4-6H,7H2,1-3H3. The summed E-state index contributed by atoms with van der Waals surface area (Å²) in [5.41, 5.74) is 3.32. The van der Waals surface area contributed by atoms with Gasteiger partial charge in [-0.15, -0.1) is 10.2 Å². The number of nitrogens with zero attached hydrogens (tertiary/aromatic N) is 2. The first-order valence-electron chi connectivity index (χ1n) is 5.09. The fourth-order valence-electron chi connectivity index (χ4n) is 1.65. The molecule has 0 aliphatic carbocycles. The van der Waals surface area contributed by atoms with Crippen molar-refractivity contribution >= 4 is 0 Å². The van der Waals surface area contributed by atoms with Gasteiger partial charge in [-0.25, -0.2) is 0 Å². The molecule has 1 aromatic heterocycles. The number of hydrogen-bond acceptors (Lipinski definition) is 4. The first-order chi connectivity index (χ1) is 7.69. The number of methoxy groups -OCH3 is 1. The molecule has 1 aromatic carbocycles. The molecular formula is C12H14N2O2. The first-order valence-corrected chi connectivity index (χ1v) is 5.09. The molecule has 16 heavy (non-hydrogen) atoms. The fraction of sp³-hybridized carbons (Fsp3) is 0.333. The van der Waals surface area contributed by atoms with Crippen molar-refractivity contribution in [3.8, 4) is 11.5 Å². The van der Waals surface area contributed by atoms with Crippen molar-refractivity contribution in [1.29, 1.82) is 0 Å². The maximum atomic E-state index is 5.47. The SMILES string of the molecule is COCc1nnc(-c2cc(C)cc(C)c2)o1. The Labute approximate surface area is 94.3 Å². The highest BCUT2D eigenvalue weighted by Crippen LogP contribution is 2.20. The van der Waals surface area contributed by atoms with Crippen LogP contribution in [0, 0.1) is 13.8 Å². The molecule has 0 N–H and O–H groups in total. The van der Waals surface area contributed by atoms with Gasteiger partial charge >= 0.3 is 0 Å². The zero-order chi connectivity index (χ0) is 11.5. The normalized spacial score (nSPS) is 10.7. The summed E-state index contributed by atoms with van der Waals surface area (Å²) >= 11 is 0. The zero-order valence-corrected chi connectivity index (χ0v) is 9.65. The second-order valence-corrected chi connectivity index (χ2v) is 3.81. The van der Waals surface area contributed by atoms with Crippen LogP contribution in [0.4, 0.5) is 0 Å². The van der Waals surface area contributed by atoms with E-state index in [1.54, 1.807) is 7.11 Å². The quantitative estimate of drug-likeness (QED) is 0.794. The monoisotopic (exact) mass is 218 g/mol. The highest BCUT2D eigenvalue weighted by Gasteiger charge is 2.08. The van der Waals surface area contributed by atoms with Crippen molar-refractivity contribution in [2.24, 2.45) is 0 Å². The van der Waals surface area contributed by atoms with Crippen molar-refractivity contribution in [1.82, 2.24) is 10.2 Å². The highest BCUT2D eigenvalue weighted by atomic mass is 16.5. The molecule has 2 rings (SSSR count). The zero-order valence-electron chi connectivity index (χ0n) is 9.65. The lowest BCUT2D eigenvalue weighted by molar-refractivity contribution is 0.160. The summed E-state index contributed by atoms with van der Waals surface area (Å²) in [5.74, 6) is 1.04. The largest absolute Gasteiger partial charge is 0.418 e. The summed E-state index contributed by atoms with van der Waals surface area (Å²) in [6, 6.07) is 6.16. The molecule has 0 saturated carbocycles. The van der Waals surface area contributed by atoms with Gasteiger partial charge in [0.2, 0.25) is 11.8 Å². The first kappa shape index (κ1) is 10.8. The Balaban J connectivity index is 2.34. The molecule has 2 aromatic rings. The Morgan fingerprint density at radius 3 is 2.44 bits per heavy atom. The van der Waals surface area contributed by atoms with E-state index in [0.717, 1.165) is 5.56 Å². The molecule has 0 saturated heterocycles. The molecule has 0 aliphatic rings. The van der Waals surface area contributed by atoms with E-state index in [1.165, 1.54) is 11.1 Å². The lowest BCUT2D eigenvalue weighted by Gasteiger charge is -1.99. The number of aromatic nitrogens is 2. The third-order valence-corrected chi connectivity index (χ3v) is 2.20. The fourth-order valence-corrected chi connectivity index (χ4v) is 1.65. The van der Waals surface area contributed by atoms with Gasteiger partial charge in [0.25, 0.3) is 0 Å². The number of rotatable bonds is 3. The number of aryl methyl sites for hydroxylation is 2. The Morgan fingerprint density at radius 1 is 1.12 bits per heavy atom. The van der Waals surface area contributed by atoms with E-state index in [9.17, 15) is 0 Å². The minimum absolute atomic E-state index is 0.345. The smallest absolute Gasteiger partial charge is 0.247 e. The Bertz CT molecular complexity index is 471. The minimum atomic E-state index is 0.345. The van der Waals surface area contributed by atoms with Gasteiger partial charge in [-0.3, -0.25) is 0 Å². The van der Waals surface area contributed by atoms with Crippen LogP contribution in [0.5, 0.6) is 0 Å². The van der Waals surface area contributed by atoms with E-state index in [-0.39, 0.29) is 0 Å². The van der Waals surface area contributed by atoms with Crippen LogP contribution >= 0.6 is 0 Å². The molecule has 0 bridgehead atoms. The molecule has 0 amide bonds. The van der Waals surface area contributed by atoms with Crippen LogP contribution in [0.3, 0.4) is 0 Å². The molecule has 4 heteroatoms. The van der Waals surface area contributed by atoms with Crippen molar-refractivity contribution in [3.05, 3.63) is 35.2 Å². The summed E-state index contributed by atoms with van der Waals surface area (Å²) in [4.78, 5) is 0. The lowest BCUT2D eigenvalue weighted by Crippen LogP contribution is -1.85. The molecular weight excluding hydrogens is 204 g/mol. The van der Waals surface area contributed by atoms with E-state index >= 15 is 0 Å². The van der Waals surface area contributed by atoms with E-state index in [4.69, 9.17) is 9.15 Å². The Hall–Kier alpha value is -1.68. The molecule has 1 heterocycles. The summed E-state index contributed by atoms with van der Waals surface area (Å²) in [5, 5.41) is 7.89. The maximum Gasteiger partial charge on any atom is 0.247 e. The molecule has 0 unspecified atom stereocenters. The van der Waals surface area contributed by atoms with Crippen LogP contribution in [-0.4, -0.2) is 17.3 Å². The van der Waals surface area contributed by atoms with Gasteiger partial charge in [-0.1, -0.05) is 17.2 Å². The predicted octanol–water partition coefficient (Wildman–Crippen LogP) is 2.50. The van der Waals surface area contributed by atoms with Gasteiger partial charge in [-0.05, 0) is 26.0 Å². The van der Waals surface area contributed by atoms with Crippen molar-refractivity contribution in [2.75, 3.05) is 7.11 Å². The van der Waals surface area contributed by atoms with Crippen LogP contribution in [0.15, 0.2) is 22.6 Å². The molecule has 0 fully saturated rings. The second-order valence-electron chi connectivity index (χ2n) is 3.81. The van der Waals surface area contributed by atoms with Crippen molar-refractivity contribution in [2.45, 2.75) is 20.5 Å². The summed E-state index contributed by atoms with van der Waals surface area (Å²) in [7, 11) is 1.60. The Kier molecular flexibility index (Phi) is 3.01. The average molecular weight is 218 g/mol. The lowest BCUT2D eigenvalue weighted by atomic mass is 10.1. The van der Waals surface area contributed by atoms with E-state index < -0.39 is 0 Å². The third-order valence-electron chi connectivity index (χ3n) is 2.20. The number of hydrogen-bond donors (Lipinski definition) is 0. The minimum Gasteiger partial charge on any atom is -0.418 e. The number of ether oxygens (including phenoxy) is 1.